The van der Waals surface area contributed by atoms with Crippen molar-refractivity contribution in [3.63, 3.8) is 0 Å². The van der Waals surface area contributed by atoms with Crippen LogP contribution >= 0.6 is 0 Å². The molecule has 0 aromatic heterocycles. The molecule has 0 saturated carbocycles. The highest BCUT2D eigenvalue weighted by Crippen LogP contribution is 1.27. The second kappa shape index (κ2) is 29.9. The van der Waals surface area contributed by atoms with Crippen molar-refractivity contribution in [2.45, 2.75) is 6.55 Å². The van der Waals surface area contributed by atoms with Crippen LogP contribution in [0.1, 0.15) is 0 Å². The Morgan fingerprint density at radius 3 is 1.33 bits per heavy atom. The van der Waals surface area contributed by atoms with Gasteiger partial charge in [-0.25, -0.2) is 0 Å². The molecule has 0 aromatic rings. The summed E-state index contributed by atoms with van der Waals surface area (Å²) in [5.41, 5.74) is 0. The van der Waals surface area contributed by atoms with Crippen LogP contribution in [0.15, 0.2) is 0 Å². The van der Waals surface area contributed by atoms with E-state index in [1.165, 1.54) is 12.1 Å². The van der Waals surface area contributed by atoms with E-state index in [2.05, 4.69) is 10.2 Å². The Morgan fingerprint density at radius 1 is 1.17 bits per heavy atom. The molecule has 2 nitrogen and oxygen atoms in total. The molecule has 0 amide bonds. The first-order valence-corrected chi connectivity index (χ1v) is 2.20. The third kappa shape index (κ3) is 398. The summed E-state index contributed by atoms with van der Waals surface area (Å²) in [5, 5.41) is 14.5. The minimum atomic E-state index is 1.24. The van der Waals surface area contributed by atoms with Gasteiger partial charge in [-0.3, -0.25) is 0 Å². The summed E-state index contributed by atoms with van der Waals surface area (Å²) in [7, 11) is 2.97. The minimum absolute atomic E-state index is 1.24. The Labute approximate surface area is 40.4 Å². The molecule has 0 heterocycles. The first-order chi connectivity index (χ1) is 2.91. The maximum atomic E-state index is 7.26. The molecule has 0 rings (SSSR count). The summed E-state index contributed by atoms with van der Waals surface area (Å²) in [5.74, 6) is 0. The van der Waals surface area contributed by atoms with Crippen molar-refractivity contribution in [3.8, 4) is 12.1 Å². The fourth-order valence-corrected chi connectivity index (χ4v) is 0. The Morgan fingerprint density at radius 2 is 1.33 bits per heavy atom. The van der Waals surface area contributed by atoms with Crippen LogP contribution < -0.4 is 0 Å². The Kier molecular flexibility index (Phi) is 44.7. The molecule has 0 N–H and O–H groups in total. The molecule has 0 spiro atoms. The quantitative estimate of drug-likeness (QED) is 0.404. The molecule has 0 aromatic carbocycles. The first kappa shape index (κ1) is 8.96. The van der Waals surface area contributed by atoms with Crippen LogP contribution in [0.2, 0.25) is 6.55 Å². The van der Waals surface area contributed by atoms with E-state index in [1.807, 2.05) is 0 Å². The second-order valence-electron chi connectivity index (χ2n) is 0.224. The zero-order valence-electron chi connectivity index (χ0n) is 3.39. The van der Waals surface area contributed by atoms with Gasteiger partial charge in [-0.2, -0.15) is 10.5 Å². The third-order valence-corrected chi connectivity index (χ3v) is 0.0500. The van der Waals surface area contributed by atoms with E-state index in [4.69, 9.17) is 10.5 Å². The van der Waals surface area contributed by atoms with E-state index >= 15 is 0 Å². The summed E-state index contributed by atoms with van der Waals surface area (Å²) in [6.07, 6.45) is 0. The van der Waals surface area contributed by atoms with Crippen molar-refractivity contribution in [3.05, 3.63) is 0 Å². The molecule has 0 aliphatic rings. The molecular weight excluding hydrogens is 92.1 g/mol. The number of hydrogen-bond donors (Lipinski definition) is 0. The van der Waals surface area contributed by atoms with E-state index in [1.54, 1.807) is 6.55 Å². The van der Waals surface area contributed by atoms with Gasteiger partial charge in [0.05, 0.1) is 0 Å². The van der Waals surface area contributed by atoms with Gasteiger partial charge in [0.25, 0.3) is 0 Å². The third-order valence-electron chi connectivity index (χ3n) is 0.0500. The van der Waals surface area contributed by atoms with E-state index in [0.29, 0.717) is 0 Å². The number of nitriles is 2. The van der Waals surface area contributed by atoms with Gasteiger partial charge in [-0.05, 0) is 0 Å². The highest BCUT2D eigenvalue weighted by molar-refractivity contribution is 6.05. The monoisotopic (exact) mass is 95.0 g/mol. The molecular formula is C3H3N2Si. The molecule has 29 valence electrons. The largest absolute Gasteiger partial charge is 0.181 e. The van der Waals surface area contributed by atoms with Crippen molar-refractivity contribution in [2.24, 2.45) is 0 Å². The summed E-state index contributed by atoms with van der Waals surface area (Å²) >= 11 is 0. The summed E-state index contributed by atoms with van der Waals surface area (Å²) < 4.78 is 0. The van der Waals surface area contributed by atoms with E-state index in [0.717, 1.165) is 0 Å². The standard InChI is InChI=1S/C2N2.CH3Si/c3-1-2-4;1-2/h;1H3. The topological polar surface area (TPSA) is 47.6 Å². The van der Waals surface area contributed by atoms with Gasteiger partial charge in [0.1, 0.15) is 0 Å². The normalized spacial score (nSPS) is 2.67. The van der Waals surface area contributed by atoms with Crippen LogP contribution in [-0.4, -0.2) is 10.2 Å². The molecule has 0 aliphatic carbocycles. The van der Waals surface area contributed by atoms with E-state index in [-0.39, 0.29) is 0 Å². The second-order valence-corrected chi connectivity index (χ2v) is 0.224. The molecule has 3 radical (unpaired) electrons. The lowest BCUT2D eigenvalue weighted by Gasteiger charge is -1.16. The van der Waals surface area contributed by atoms with Gasteiger partial charge in [0.2, 0.25) is 0 Å². The number of nitrogens with zero attached hydrogens (tertiary/aromatic N) is 2. The molecule has 0 saturated heterocycles. The summed E-state index contributed by atoms with van der Waals surface area (Å²) in [6, 6.07) is 2.47. The van der Waals surface area contributed by atoms with Crippen molar-refractivity contribution in [1.82, 2.24) is 0 Å². The molecule has 0 bridgehead atoms. The SMILES string of the molecule is C[Si].N#CC#N. The van der Waals surface area contributed by atoms with Crippen LogP contribution in [0, 0.1) is 22.7 Å². The van der Waals surface area contributed by atoms with Crippen molar-refractivity contribution in [1.29, 1.82) is 10.5 Å². The van der Waals surface area contributed by atoms with Gasteiger partial charge >= 0.3 is 0 Å². The minimum Gasteiger partial charge on any atom is -0.181 e. The van der Waals surface area contributed by atoms with Gasteiger partial charge in [0, 0.05) is 10.2 Å². The van der Waals surface area contributed by atoms with Gasteiger partial charge in [0.15, 0.2) is 12.1 Å². The van der Waals surface area contributed by atoms with Crippen LogP contribution in [0.3, 0.4) is 0 Å². The Bertz CT molecular complexity index is 63.8. The Balaban J connectivity index is 0. The van der Waals surface area contributed by atoms with Crippen molar-refractivity contribution >= 4 is 10.2 Å². The fourth-order valence-electron chi connectivity index (χ4n) is 0. The smallest absolute Gasteiger partial charge is 0.181 e. The predicted octanol–water partition coefficient (Wildman–Crippen LogP) is 0.237. The van der Waals surface area contributed by atoms with Crippen LogP contribution in [0.4, 0.5) is 0 Å². The highest BCUT2D eigenvalue weighted by Gasteiger charge is 1.39. The zero-order valence-corrected chi connectivity index (χ0v) is 4.39. The van der Waals surface area contributed by atoms with E-state index < -0.39 is 0 Å². The lowest BCUT2D eigenvalue weighted by Crippen LogP contribution is -1.26. The molecule has 0 unspecified atom stereocenters. The van der Waals surface area contributed by atoms with Gasteiger partial charge in [-0.1, -0.05) is 6.55 Å². The maximum Gasteiger partial charge on any atom is 0.181 e. The molecule has 0 aliphatic heterocycles. The molecule has 6 heavy (non-hydrogen) atoms. The number of hydrogen-bond acceptors (Lipinski definition) is 2. The lowest BCUT2D eigenvalue weighted by atomic mass is 10.9. The van der Waals surface area contributed by atoms with Crippen LogP contribution in [0.25, 0.3) is 0 Å². The van der Waals surface area contributed by atoms with Gasteiger partial charge < -0.3 is 0 Å². The molecule has 0 atom stereocenters. The average molecular weight is 95.2 g/mol. The average Bonchev–Trinajstić information content (AvgIpc) is 1.72. The van der Waals surface area contributed by atoms with Crippen molar-refractivity contribution in [2.75, 3.05) is 0 Å². The lowest BCUT2D eigenvalue weighted by molar-refractivity contribution is 1.49. The number of rotatable bonds is 0. The fraction of sp³-hybridized carbons (Fsp3) is 0.333. The molecule has 3 heteroatoms. The maximum absolute atomic E-state index is 7.26. The molecule has 0 fully saturated rings. The summed E-state index contributed by atoms with van der Waals surface area (Å²) in [6.45, 7) is 1.81. The summed E-state index contributed by atoms with van der Waals surface area (Å²) in [4.78, 5) is 0. The van der Waals surface area contributed by atoms with Crippen LogP contribution in [0.5, 0.6) is 0 Å². The zero-order chi connectivity index (χ0) is 5.41. The predicted molar refractivity (Wildman–Crippen MR) is 22.8 cm³/mol. The highest BCUT2D eigenvalue weighted by atomic mass is 28.1. The van der Waals surface area contributed by atoms with Gasteiger partial charge in [-0.15, -0.1) is 0 Å². The van der Waals surface area contributed by atoms with Crippen LogP contribution in [-0.2, 0) is 0 Å². The Hall–Kier alpha value is -0.803. The van der Waals surface area contributed by atoms with E-state index in [9.17, 15) is 0 Å². The van der Waals surface area contributed by atoms with Crippen molar-refractivity contribution < 1.29 is 0 Å². The first-order valence-electron chi connectivity index (χ1n) is 1.20.